The minimum absolute atomic E-state index is 0.131. The molecule has 0 radical (unpaired) electrons. The van der Waals surface area contributed by atoms with Crippen molar-refractivity contribution in [1.82, 2.24) is 10.3 Å². The average molecular weight is 254 g/mol. The maximum Gasteiger partial charge on any atom is 0.253 e. The van der Waals surface area contributed by atoms with Crippen molar-refractivity contribution >= 4 is 23.4 Å². The molecule has 0 aliphatic carbocycles. The van der Waals surface area contributed by atoms with Crippen LogP contribution in [0.1, 0.15) is 24.2 Å². The number of hydrogen-bond acceptors (Lipinski definition) is 5. The van der Waals surface area contributed by atoms with E-state index in [0.717, 1.165) is 11.5 Å². The van der Waals surface area contributed by atoms with E-state index in [2.05, 4.69) is 22.7 Å². The molecule has 1 rings (SSSR count). The van der Waals surface area contributed by atoms with Gasteiger partial charge in [-0.1, -0.05) is 6.92 Å². The first-order chi connectivity index (χ1) is 8.19. The molecule has 0 saturated heterocycles. The third kappa shape index (κ3) is 4.24. The van der Waals surface area contributed by atoms with Crippen molar-refractivity contribution in [1.29, 1.82) is 0 Å². The summed E-state index contributed by atoms with van der Waals surface area (Å²) in [5, 5.41) is 2.92. The van der Waals surface area contributed by atoms with Gasteiger partial charge in [0.15, 0.2) is 0 Å². The Morgan fingerprint density at radius 1 is 1.65 bits per heavy atom. The van der Waals surface area contributed by atoms with Crippen molar-refractivity contribution in [3.63, 3.8) is 0 Å². The van der Waals surface area contributed by atoms with E-state index in [1.807, 2.05) is 6.92 Å². The number of nitrogens with two attached hydrogens (primary N) is 1. The molecule has 17 heavy (non-hydrogen) atoms. The molecular weight excluding hydrogens is 236 g/mol. The van der Waals surface area contributed by atoms with Crippen LogP contribution < -0.4 is 16.6 Å². The van der Waals surface area contributed by atoms with Crippen molar-refractivity contribution in [2.75, 3.05) is 16.9 Å². The van der Waals surface area contributed by atoms with E-state index >= 15 is 0 Å². The number of pyridine rings is 1. The third-order valence-corrected chi connectivity index (χ3v) is 3.31. The van der Waals surface area contributed by atoms with Crippen LogP contribution in [0, 0.1) is 0 Å². The normalized spacial score (nSPS) is 11.9. The highest BCUT2D eigenvalue weighted by atomic mass is 32.2. The van der Waals surface area contributed by atoms with Crippen LogP contribution in [0.15, 0.2) is 18.5 Å². The van der Waals surface area contributed by atoms with Gasteiger partial charge in [0.25, 0.3) is 5.91 Å². The second kappa shape index (κ2) is 7.13. The number of anilines is 1. The van der Waals surface area contributed by atoms with Crippen LogP contribution in [0.2, 0.25) is 0 Å². The Hall–Kier alpha value is -1.27. The minimum Gasteiger partial charge on any atom is -0.349 e. The molecule has 6 heteroatoms. The molecule has 0 spiro atoms. The zero-order valence-corrected chi connectivity index (χ0v) is 10.9. The Balaban J connectivity index is 2.63. The molecular formula is C11H18N4OS. The van der Waals surface area contributed by atoms with E-state index in [9.17, 15) is 4.79 Å². The number of rotatable bonds is 6. The van der Waals surface area contributed by atoms with Crippen LogP contribution in [0.25, 0.3) is 0 Å². The fourth-order valence-electron chi connectivity index (χ4n) is 1.35. The van der Waals surface area contributed by atoms with E-state index in [4.69, 9.17) is 5.84 Å². The van der Waals surface area contributed by atoms with Gasteiger partial charge in [-0.25, -0.2) is 0 Å². The summed E-state index contributed by atoms with van der Waals surface area (Å²) < 4.78 is 0. The lowest BCUT2D eigenvalue weighted by atomic mass is 10.2. The van der Waals surface area contributed by atoms with Gasteiger partial charge in [0.05, 0.1) is 17.4 Å². The van der Waals surface area contributed by atoms with Crippen LogP contribution in [0.3, 0.4) is 0 Å². The maximum atomic E-state index is 12.0. The minimum atomic E-state index is -0.135. The molecule has 0 aliphatic rings. The van der Waals surface area contributed by atoms with Crippen molar-refractivity contribution in [3.8, 4) is 0 Å². The number of nitrogens with zero attached hydrogens (tertiary/aromatic N) is 1. The van der Waals surface area contributed by atoms with E-state index in [-0.39, 0.29) is 11.9 Å². The number of nitrogens with one attached hydrogen (secondary N) is 2. The Morgan fingerprint density at radius 3 is 3.06 bits per heavy atom. The molecule has 94 valence electrons. The van der Waals surface area contributed by atoms with Crippen molar-refractivity contribution < 1.29 is 4.79 Å². The monoisotopic (exact) mass is 254 g/mol. The molecule has 1 aromatic heterocycles. The van der Waals surface area contributed by atoms with Gasteiger partial charge in [0.2, 0.25) is 0 Å². The van der Waals surface area contributed by atoms with Crippen LogP contribution in [0.4, 0.5) is 5.69 Å². The van der Waals surface area contributed by atoms with Crippen LogP contribution in [0.5, 0.6) is 0 Å². The molecule has 1 aromatic rings. The van der Waals surface area contributed by atoms with Crippen molar-refractivity contribution in [3.05, 3.63) is 24.0 Å². The lowest BCUT2D eigenvalue weighted by molar-refractivity contribution is 0.0944. The predicted molar refractivity (Wildman–Crippen MR) is 72.0 cm³/mol. The number of carbonyl (C=O) groups excluding carboxylic acids is 1. The fraction of sp³-hybridized carbons (Fsp3) is 0.455. The molecule has 1 atom stereocenters. The standard InChI is InChI=1S/C11H18N4OS/c1-3-17-7-8(2)14-11(16)9-4-5-13-6-10(9)15-12/h4-6,8,15H,3,7,12H2,1-2H3,(H,14,16). The second-order valence-electron chi connectivity index (χ2n) is 3.60. The lowest BCUT2D eigenvalue weighted by Crippen LogP contribution is -2.35. The molecule has 5 nitrogen and oxygen atoms in total. The van der Waals surface area contributed by atoms with Crippen LogP contribution >= 0.6 is 11.8 Å². The largest absolute Gasteiger partial charge is 0.349 e. The molecule has 1 amide bonds. The topological polar surface area (TPSA) is 80.0 Å². The summed E-state index contributed by atoms with van der Waals surface area (Å²) in [5.74, 6) is 7.14. The number of thioether (sulfide) groups is 1. The highest BCUT2D eigenvalue weighted by molar-refractivity contribution is 7.99. The SMILES string of the molecule is CCSCC(C)NC(=O)c1ccncc1NN. The quantitative estimate of drug-likeness (QED) is 0.526. The van der Waals surface area contributed by atoms with Gasteiger partial charge in [-0.2, -0.15) is 11.8 Å². The van der Waals surface area contributed by atoms with Gasteiger partial charge in [-0.3, -0.25) is 15.6 Å². The fourth-order valence-corrected chi connectivity index (χ4v) is 2.02. The lowest BCUT2D eigenvalue weighted by Gasteiger charge is -2.14. The Labute approximate surface area is 106 Å². The molecule has 0 fully saturated rings. The smallest absolute Gasteiger partial charge is 0.253 e. The first kappa shape index (κ1) is 13.8. The van der Waals surface area contributed by atoms with E-state index in [1.54, 1.807) is 24.0 Å². The number of carbonyl (C=O) groups is 1. The summed E-state index contributed by atoms with van der Waals surface area (Å²) in [6, 6.07) is 1.77. The van der Waals surface area contributed by atoms with Gasteiger partial charge < -0.3 is 10.7 Å². The van der Waals surface area contributed by atoms with E-state index in [1.165, 1.54) is 6.20 Å². The number of aromatic nitrogens is 1. The summed E-state index contributed by atoms with van der Waals surface area (Å²) in [6.07, 6.45) is 3.10. The van der Waals surface area contributed by atoms with Gasteiger partial charge >= 0.3 is 0 Å². The highest BCUT2D eigenvalue weighted by Gasteiger charge is 2.13. The first-order valence-electron chi connectivity index (χ1n) is 5.48. The number of hydrogen-bond donors (Lipinski definition) is 3. The molecule has 0 aliphatic heterocycles. The van der Waals surface area contributed by atoms with Gasteiger partial charge in [-0.15, -0.1) is 0 Å². The maximum absolute atomic E-state index is 12.0. The summed E-state index contributed by atoms with van der Waals surface area (Å²) in [6.45, 7) is 4.08. The Kier molecular flexibility index (Phi) is 5.79. The summed E-state index contributed by atoms with van der Waals surface area (Å²) >= 11 is 1.80. The third-order valence-electron chi connectivity index (χ3n) is 2.17. The number of hydrazine groups is 1. The first-order valence-corrected chi connectivity index (χ1v) is 6.63. The number of amides is 1. The van der Waals surface area contributed by atoms with Gasteiger partial charge in [0, 0.05) is 18.0 Å². The zero-order valence-electron chi connectivity index (χ0n) is 10.1. The van der Waals surface area contributed by atoms with Gasteiger partial charge in [0.1, 0.15) is 0 Å². The summed E-state index contributed by atoms with van der Waals surface area (Å²) in [5.41, 5.74) is 3.50. The van der Waals surface area contributed by atoms with Crippen LogP contribution in [-0.4, -0.2) is 28.4 Å². The number of nitrogen functional groups attached to an aromatic ring is 1. The molecule has 1 heterocycles. The molecule has 0 saturated carbocycles. The van der Waals surface area contributed by atoms with Crippen LogP contribution in [-0.2, 0) is 0 Å². The van der Waals surface area contributed by atoms with E-state index in [0.29, 0.717) is 11.3 Å². The van der Waals surface area contributed by atoms with Crippen molar-refractivity contribution in [2.45, 2.75) is 19.9 Å². The summed E-state index contributed by atoms with van der Waals surface area (Å²) in [7, 11) is 0. The average Bonchev–Trinajstić information content (AvgIpc) is 2.36. The van der Waals surface area contributed by atoms with Gasteiger partial charge in [-0.05, 0) is 18.7 Å². The Bertz CT molecular complexity index is 372. The van der Waals surface area contributed by atoms with E-state index < -0.39 is 0 Å². The Morgan fingerprint density at radius 2 is 2.41 bits per heavy atom. The molecule has 0 aromatic carbocycles. The predicted octanol–water partition coefficient (Wildman–Crippen LogP) is 1.24. The molecule has 0 bridgehead atoms. The summed E-state index contributed by atoms with van der Waals surface area (Å²) in [4.78, 5) is 15.9. The zero-order chi connectivity index (χ0) is 12.7. The second-order valence-corrected chi connectivity index (χ2v) is 4.92. The molecule has 4 N–H and O–H groups in total. The van der Waals surface area contributed by atoms with Crippen molar-refractivity contribution in [2.24, 2.45) is 5.84 Å². The highest BCUT2D eigenvalue weighted by Crippen LogP contribution is 2.12. The molecule has 1 unspecified atom stereocenters.